The number of aliphatic carboxylic acids is 1. The summed E-state index contributed by atoms with van der Waals surface area (Å²) in [6.07, 6.45) is 0. The minimum Gasteiger partial charge on any atom is -0.477 e. The summed E-state index contributed by atoms with van der Waals surface area (Å²) in [5, 5.41) is 11.4. The van der Waals surface area contributed by atoms with Gasteiger partial charge >= 0.3 is 5.97 Å². The number of halogens is 1. The van der Waals surface area contributed by atoms with E-state index in [0.717, 1.165) is 4.90 Å². The molecule has 150 valence electrons. The molecule has 2 aliphatic rings. The van der Waals surface area contributed by atoms with Gasteiger partial charge in [0.25, 0.3) is 5.91 Å². The molecule has 0 aliphatic carbocycles. The van der Waals surface area contributed by atoms with Gasteiger partial charge in [-0.2, -0.15) is 0 Å². The Bertz CT molecular complexity index is 746. The van der Waals surface area contributed by atoms with Crippen molar-refractivity contribution in [2.24, 2.45) is 5.73 Å². The van der Waals surface area contributed by atoms with Crippen LogP contribution in [0.3, 0.4) is 0 Å². The number of thioether (sulfide) groups is 1. The molecule has 3 rings (SSSR count). The zero-order valence-corrected chi connectivity index (χ0v) is 15.4. The number of hydrogen-bond donors (Lipinski definition) is 3. The Hall–Kier alpha value is -2.15. The number of β-lactam (4-membered cyclic amide) rings is 1. The Balaban J connectivity index is 0.00000225. The number of rotatable bonds is 4. The molecule has 3 atom stereocenters. The minimum atomic E-state index is -1.26. The van der Waals surface area contributed by atoms with E-state index < -0.39 is 35.2 Å². The molecule has 10 nitrogen and oxygen atoms in total. The minimum absolute atomic E-state index is 0. The fourth-order valence-corrected chi connectivity index (χ4v) is 4.19. The van der Waals surface area contributed by atoms with Crippen molar-refractivity contribution in [1.82, 2.24) is 10.2 Å². The topological polar surface area (TPSA) is 207 Å². The van der Waals surface area contributed by atoms with Crippen molar-refractivity contribution in [1.29, 1.82) is 0 Å². The van der Waals surface area contributed by atoms with E-state index in [0.29, 0.717) is 5.56 Å². The smallest absolute Gasteiger partial charge is 0.353 e. The van der Waals surface area contributed by atoms with Crippen LogP contribution in [0.5, 0.6) is 0 Å². The zero-order chi connectivity index (χ0) is 17.4. The highest BCUT2D eigenvalue weighted by molar-refractivity contribution is 8.00. The van der Waals surface area contributed by atoms with Crippen molar-refractivity contribution >= 4 is 41.1 Å². The van der Waals surface area contributed by atoms with Crippen LogP contribution < -0.4 is 11.1 Å². The summed E-state index contributed by atoms with van der Waals surface area (Å²) in [5.41, 5.74) is 6.32. The average Bonchev–Trinajstić information content (AvgIpc) is 2.59. The molecule has 2 aliphatic heterocycles. The summed E-state index contributed by atoms with van der Waals surface area (Å²) >= 11 is 7.20. The number of carbonyl (C=O) groups excluding carboxylic acids is 2. The molecule has 0 bridgehead atoms. The number of fused-ring (bicyclic) bond motifs is 1. The number of benzene rings is 1. The molecular weight excluding hydrogens is 402 g/mol. The molecule has 0 aromatic heterocycles. The predicted molar refractivity (Wildman–Crippen MR) is 99.7 cm³/mol. The van der Waals surface area contributed by atoms with Gasteiger partial charge in [0, 0.05) is 5.75 Å². The van der Waals surface area contributed by atoms with Gasteiger partial charge in [0.15, 0.2) is 0 Å². The molecule has 10 N–H and O–H groups in total. The van der Waals surface area contributed by atoms with E-state index >= 15 is 0 Å². The highest BCUT2D eigenvalue weighted by Crippen LogP contribution is 2.41. The van der Waals surface area contributed by atoms with Crippen LogP contribution in [0.15, 0.2) is 41.1 Å². The van der Waals surface area contributed by atoms with Crippen molar-refractivity contribution in [2.75, 3.05) is 5.75 Å². The van der Waals surface area contributed by atoms with Crippen molar-refractivity contribution in [3.05, 3.63) is 46.6 Å². The molecule has 2 heterocycles. The van der Waals surface area contributed by atoms with Crippen LogP contribution in [0, 0.1) is 0 Å². The normalized spacial score (nSPS) is 21.4. The molecule has 12 heteroatoms. The van der Waals surface area contributed by atoms with Gasteiger partial charge in [-0.1, -0.05) is 41.9 Å². The largest absolute Gasteiger partial charge is 0.477 e. The lowest BCUT2D eigenvalue weighted by Crippen LogP contribution is -2.70. The second kappa shape index (κ2) is 9.69. The van der Waals surface area contributed by atoms with Gasteiger partial charge in [-0.25, -0.2) is 4.79 Å². The third-order valence-corrected chi connectivity index (χ3v) is 5.61. The zero-order valence-electron chi connectivity index (χ0n) is 13.8. The van der Waals surface area contributed by atoms with Gasteiger partial charge in [-0.15, -0.1) is 11.8 Å². The summed E-state index contributed by atoms with van der Waals surface area (Å²) < 4.78 is 0. The second-order valence-corrected chi connectivity index (χ2v) is 6.90. The first-order chi connectivity index (χ1) is 11.4. The summed E-state index contributed by atoms with van der Waals surface area (Å²) in [6.45, 7) is 0. The van der Waals surface area contributed by atoms with Crippen LogP contribution >= 0.6 is 23.4 Å². The van der Waals surface area contributed by atoms with Crippen LogP contribution in [-0.4, -0.2) is 61.4 Å². The number of carboxylic acid groups (broad SMARTS) is 1. The van der Waals surface area contributed by atoms with Crippen LogP contribution in [0.4, 0.5) is 0 Å². The Kier molecular flexibility index (Phi) is 8.92. The van der Waals surface area contributed by atoms with Crippen LogP contribution in [-0.2, 0) is 14.4 Å². The molecule has 0 spiro atoms. The van der Waals surface area contributed by atoms with E-state index in [1.165, 1.54) is 11.8 Å². The third-order valence-electron chi connectivity index (χ3n) is 3.86. The van der Waals surface area contributed by atoms with Gasteiger partial charge in [0.1, 0.15) is 23.2 Å². The summed E-state index contributed by atoms with van der Waals surface area (Å²) in [4.78, 5) is 36.9. The quantitative estimate of drug-likeness (QED) is 0.474. The van der Waals surface area contributed by atoms with E-state index in [1.54, 1.807) is 24.3 Å². The number of nitrogens with one attached hydrogen (secondary N) is 1. The van der Waals surface area contributed by atoms with Crippen LogP contribution in [0.25, 0.3) is 0 Å². The molecule has 1 aromatic rings. The molecule has 27 heavy (non-hydrogen) atoms. The molecule has 1 unspecified atom stereocenters. The monoisotopic (exact) mass is 421 g/mol. The molecule has 1 fully saturated rings. The summed E-state index contributed by atoms with van der Waals surface area (Å²) in [7, 11) is 0. The number of carbonyl (C=O) groups is 3. The Morgan fingerprint density at radius 1 is 1.26 bits per heavy atom. The maximum Gasteiger partial charge on any atom is 0.353 e. The standard InChI is InChI=1S/C15H14ClN3O4S.3H2O/c16-8-6-24-14-10(13(21)19(14)11(8)15(22)23)18-12(20)9(17)7-4-2-1-3-5-7;;;/h1-5,9-10,14H,6,17H2,(H,18,20)(H,22,23);3*1H2/t9?,10-,14-;;;/m1.../s1. The Labute approximate surface area is 163 Å². The van der Waals surface area contributed by atoms with E-state index in [9.17, 15) is 19.5 Å². The van der Waals surface area contributed by atoms with Gasteiger partial charge in [-0.3, -0.25) is 14.5 Å². The van der Waals surface area contributed by atoms with Crippen LogP contribution in [0.1, 0.15) is 11.6 Å². The number of nitrogens with zero attached hydrogens (tertiary/aromatic N) is 1. The summed E-state index contributed by atoms with van der Waals surface area (Å²) in [6, 6.07) is 7.07. The van der Waals surface area contributed by atoms with E-state index in [-0.39, 0.29) is 32.9 Å². The predicted octanol–water partition coefficient (Wildman–Crippen LogP) is -1.85. The molecule has 0 saturated carbocycles. The highest BCUT2D eigenvalue weighted by atomic mass is 35.5. The first-order valence-corrected chi connectivity index (χ1v) is 8.52. The van der Waals surface area contributed by atoms with E-state index in [1.807, 2.05) is 6.07 Å². The molecule has 2 amide bonds. The van der Waals surface area contributed by atoms with Crippen molar-refractivity contribution in [3.63, 3.8) is 0 Å². The maximum atomic E-state index is 12.3. The van der Waals surface area contributed by atoms with Gasteiger partial charge in [0.2, 0.25) is 5.91 Å². The van der Waals surface area contributed by atoms with Crippen molar-refractivity contribution < 1.29 is 35.9 Å². The lowest BCUT2D eigenvalue weighted by molar-refractivity contribution is -0.150. The first kappa shape index (κ1) is 24.8. The highest BCUT2D eigenvalue weighted by Gasteiger charge is 2.54. The third kappa shape index (κ3) is 4.40. The molecule has 0 radical (unpaired) electrons. The average molecular weight is 422 g/mol. The van der Waals surface area contributed by atoms with Crippen molar-refractivity contribution in [2.45, 2.75) is 17.5 Å². The van der Waals surface area contributed by atoms with Gasteiger partial charge < -0.3 is 32.6 Å². The Morgan fingerprint density at radius 2 is 1.85 bits per heavy atom. The number of nitrogens with two attached hydrogens (primary N) is 1. The first-order valence-electron chi connectivity index (χ1n) is 7.09. The molecular formula is C15H20ClN3O7S. The van der Waals surface area contributed by atoms with E-state index in [2.05, 4.69) is 5.32 Å². The Morgan fingerprint density at radius 3 is 2.41 bits per heavy atom. The SMILES string of the molecule is NC(C(=O)N[C@@H]1C(=O)N2C(C(=O)O)=C(Cl)CS[C@H]12)c1ccccc1.O.O.O. The fourth-order valence-electron chi connectivity index (χ4n) is 2.64. The van der Waals surface area contributed by atoms with E-state index in [4.69, 9.17) is 17.3 Å². The number of carboxylic acids is 1. The second-order valence-electron chi connectivity index (χ2n) is 5.34. The lowest BCUT2D eigenvalue weighted by atomic mass is 10.0. The number of amides is 2. The summed E-state index contributed by atoms with van der Waals surface area (Å²) in [5.74, 6) is -1.98. The van der Waals surface area contributed by atoms with Crippen LogP contribution in [0.2, 0.25) is 0 Å². The van der Waals surface area contributed by atoms with Gasteiger partial charge in [-0.05, 0) is 5.56 Å². The molecule has 1 saturated heterocycles. The lowest BCUT2D eigenvalue weighted by Gasteiger charge is -2.48. The maximum absolute atomic E-state index is 12.3. The number of hydrogen-bond acceptors (Lipinski definition) is 5. The molecule has 1 aromatic carbocycles. The van der Waals surface area contributed by atoms with Gasteiger partial charge in [0.05, 0.1) is 5.03 Å². The fraction of sp³-hybridized carbons (Fsp3) is 0.267. The van der Waals surface area contributed by atoms with Crippen molar-refractivity contribution in [3.8, 4) is 0 Å².